The zero-order valence-corrected chi connectivity index (χ0v) is 7.68. The van der Waals surface area contributed by atoms with E-state index in [2.05, 4.69) is 6.92 Å². The molecule has 3 saturated carbocycles. The van der Waals surface area contributed by atoms with Gasteiger partial charge >= 0.3 is 0 Å². The van der Waals surface area contributed by atoms with Crippen LogP contribution in [-0.2, 0) is 4.79 Å². The molecule has 1 nitrogen and oxygen atoms in total. The van der Waals surface area contributed by atoms with Gasteiger partial charge in [-0.25, -0.2) is 0 Å². The molecule has 0 aromatic rings. The summed E-state index contributed by atoms with van der Waals surface area (Å²) in [6.07, 6.45) is 6.08. The van der Waals surface area contributed by atoms with Gasteiger partial charge in [-0.15, -0.1) is 0 Å². The molecule has 0 spiro atoms. The lowest BCUT2D eigenvalue weighted by molar-refractivity contribution is -0.131. The number of carbonyl (C=O) groups excluding carboxylic acids is 1. The van der Waals surface area contributed by atoms with Crippen molar-refractivity contribution in [1.29, 1.82) is 0 Å². The van der Waals surface area contributed by atoms with Crippen LogP contribution in [0.15, 0.2) is 0 Å². The highest BCUT2D eigenvalue weighted by molar-refractivity contribution is 5.83. The summed E-state index contributed by atoms with van der Waals surface area (Å²) in [4.78, 5) is 11.6. The monoisotopic (exact) mass is 164 g/mol. The second kappa shape index (κ2) is 1.94. The Morgan fingerprint density at radius 2 is 2.25 bits per heavy atom. The number of hydrogen-bond donors (Lipinski definition) is 0. The van der Waals surface area contributed by atoms with Gasteiger partial charge in [-0.1, -0.05) is 6.92 Å². The first kappa shape index (κ1) is 7.11. The SMILES string of the molecule is CC12CCC(=O)C3CC(CC31)C2. The van der Waals surface area contributed by atoms with Gasteiger partial charge in [0.25, 0.3) is 0 Å². The number of hydrogen-bond acceptors (Lipinski definition) is 1. The third kappa shape index (κ3) is 0.681. The van der Waals surface area contributed by atoms with Crippen LogP contribution < -0.4 is 0 Å². The fourth-order valence-corrected chi connectivity index (χ4v) is 4.13. The standard InChI is InChI=1S/C11H16O/c1-11-3-2-10(12)8-4-7(6-11)5-9(8)11/h7-9H,2-6H2,1H3. The van der Waals surface area contributed by atoms with E-state index in [1.54, 1.807) is 0 Å². The fourth-order valence-electron chi connectivity index (χ4n) is 4.13. The van der Waals surface area contributed by atoms with Crippen LogP contribution in [-0.4, -0.2) is 5.78 Å². The van der Waals surface area contributed by atoms with Crippen LogP contribution in [0.5, 0.6) is 0 Å². The van der Waals surface area contributed by atoms with Gasteiger partial charge in [-0.05, 0) is 42.9 Å². The van der Waals surface area contributed by atoms with Gasteiger partial charge in [-0.2, -0.15) is 0 Å². The van der Waals surface area contributed by atoms with E-state index in [0.717, 1.165) is 18.3 Å². The summed E-state index contributed by atoms with van der Waals surface area (Å²) in [5, 5.41) is 0. The van der Waals surface area contributed by atoms with Crippen molar-refractivity contribution in [2.24, 2.45) is 23.2 Å². The molecule has 1 heteroatoms. The van der Waals surface area contributed by atoms with Gasteiger partial charge in [0.15, 0.2) is 0 Å². The molecule has 3 aliphatic rings. The lowest BCUT2D eigenvalue weighted by atomic mass is 9.61. The Labute approximate surface area is 73.5 Å². The van der Waals surface area contributed by atoms with Crippen LogP contribution in [0, 0.1) is 23.2 Å². The van der Waals surface area contributed by atoms with E-state index >= 15 is 0 Å². The third-order valence-electron chi connectivity index (χ3n) is 4.67. The molecule has 0 N–H and O–H groups in total. The minimum Gasteiger partial charge on any atom is -0.299 e. The maximum atomic E-state index is 11.6. The van der Waals surface area contributed by atoms with Crippen molar-refractivity contribution >= 4 is 5.78 Å². The summed E-state index contributed by atoms with van der Waals surface area (Å²) < 4.78 is 0. The van der Waals surface area contributed by atoms with E-state index in [4.69, 9.17) is 0 Å². The van der Waals surface area contributed by atoms with Crippen LogP contribution in [0.4, 0.5) is 0 Å². The molecule has 66 valence electrons. The molecule has 2 bridgehead atoms. The zero-order chi connectivity index (χ0) is 8.34. The number of ketones is 1. The summed E-state index contributed by atoms with van der Waals surface area (Å²) in [5.41, 5.74) is 0.571. The smallest absolute Gasteiger partial charge is 0.136 e. The first-order valence-corrected chi connectivity index (χ1v) is 5.22. The Bertz CT molecular complexity index is 245. The quantitative estimate of drug-likeness (QED) is 0.537. The summed E-state index contributed by atoms with van der Waals surface area (Å²) >= 11 is 0. The Kier molecular flexibility index (Phi) is 1.15. The highest BCUT2D eigenvalue weighted by atomic mass is 16.1. The molecule has 0 aromatic carbocycles. The molecule has 4 unspecified atom stereocenters. The van der Waals surface area contributed by atoms with Crippen molar-refractivity contribution in [2.75, 3.05) is 0 Å². The van der Waals surface area contributed by atoms with E-state index in [1.165, 1.54) is 25.7 Å². The van der Waals surface area contributed by atoms with E-state index < -0.39 is 0 Å². The summed E-state index contributed by atoms with van der Waals surface area (Å²) in [5.74, 6) is 2.76. The number of rotatable bonds is 0. The van der Waals surface area contributed by atoms with Crippen molar-refractivity contribution in [2.45, 2.75) is 39.0 Å². The van der Waals surface area contributed by atoms with Gasteiger partial charge in [0.1, 0.15) is 5.78 Å². The predicted molar refractivity (Wildman–Crippen MR) is 46.7 cm³/mol. The molecule has 0 aromatic heterocycles. The Hall–Kier alpha value is -0.330. The molecule has 12 heavy (non-hydrogen) atoms. The lowest BCUT2D eigenvalue weighted by Crippen LogP contribution is -2.39. The normalized spacial score (nSPS) is 56.4. The molecule has 0 radical (unpaired) electrons. The second-order valence-electron chi connectivity index (χ2n) is 5.37. The molecule has 0 amide bonds. The zero-order valence-electron chi connectivity index (χ0n) is 7.68. The molecule has 4 atom stereocenters. The Morgan fingerprint density at radius 1 is 1.42 bits per heavy atom. The van der Waals surface area contributed by atoms with Gasteiger partial charge in [-0.3, -0.25) is 4.79 Å². The number of fused-ring (bicyclic) bond motifs is 1. The van der Waals surface area contributed by atoms with E-state index in [0.29, 0.717) is 17.1 Å². The molecular formula is C11H16O. The molecule has 3 aliphatic carbocycles. The lowest BCUT2D eigenvalue weighted by Gasteiger charge is -2.42. The van der Waals surface area contributed by atoms with Crippen LogP contribution in [0.1, 0.15) is 39.0 Å². The minimum absolute atomic E-state index is 0.488. The van der Waals surface area contributed by atoms with Crippen LogP contribution in [0.2, 0.25) is 0 Å². The molecule has 0 aliphatic heterocycles. The van der Waals surface area contributed by atoms with Gasteiger partial charge in [0.05, 0.1) is 0 Å². The Balaban J connectivity index is 2.00. The molecule has 3 fully saturated rings. The molecule has 0 heterocycles. The molecular weight excluding hydrogens is 148 g/mol. The fraction of sp³-hybridized carbons (Fsp3) is 0.909. The average molecular weight is 164 g/mol. The van der Waals surface area contributed by atoms with E-state index in [1.807, 2.05) is 0 Å². The Morgan fingerprint density at radius 3 is 2.92 bits per heavy atom. The highest BCUT2D eigenvalue weighted by Crippen LogP contribution is 2.63. The van der Waals surface area contributed by atoms with Crippen LogP contribution in [0.25, 0.3) is 0 Å². The average Bonchev–Trinajstić information content (AvgIpc) is 2.54. The highest BCUT2D eigenvalue weighted by Gasteiger charge is 2.57. The molecule has 0 saturated heterocycles. The van der Waals surface area contributed by atoms with Crippen molar-refractivity contribution in [3.63, 3.8) is 0 Å². The van der Waals surface area contributed by atoms with Crippen molar-refractivity contribution < 1.29 is 4.79 Å². The van der Waals surface area contributed by atoms with E-state index in [-0.39, 0.29) is 0 Å². The maximum Gasteiger partial charge on any atom is 0.136 e. The largest absolute Gasteiger partial charge is 0.299 e. The molecule has 3 rings (SSSR count). The van der Waals surface area contributed by atoms with Gasteiger partial charge in [0.2, 0.25) is 0 Å². The van der Waals surface area contributed by atoms with Crippen molar-refractivity contribution in [1.82, 2.24) is 0 Å². The van der Waals surface area contributed by atoms with E-state index in [9.17, 15) is 4.79 Å². The van der Waals surface area contributed by atoms with Gasteiger partial charge in [0, 0.05) is 12.3 Å². The topological polar surface area (TPSA) is 17.1 Å². The van der Waals surface area contributed by atoms with Crippen molar-refractivity contribution in [3.8, 4) is 0 Å². The van der Waals surface area contributed by atoms with Crippen LogP contribution >= 0.6 is 0 Å². The summed E-state index contributed by atoms with van der Waals surface area (Å²) in [7, 11) is 0. The summed E-state index contributed by atoms with van der Waals surface area (Å²) in [6.45, 7) is 2.41. The first-order chi connectivity index (χ1) is 5.69. The minimum atomic E-state index is 0.488. The van der Waals surface area contributed by atoms with Gasteiger partial charge < -0.3 is 0 Å². The second-order valence-corrected chi connectivity index (χ2v) is 5.37. The summed E-state index contributed by atoms with van der Waals surface area (Å²) in [6, 6.07) is 0. The predicted octanol–water partition coefficient (Wildman–Crippen LogP) is 2.40. The number of carbonyl (C=O) groups is 1. The van der Waals surface area contributed by atoms with Crippen LogP contribution in [0.3, 0.4) is 0 Å². The first-order valence-electron chi connectivity index (χ1n) is 5.22. The number of Topliss-reactive ketones (excluding diaryl/α,β-unsaturated/α-hetero) is 1. The third-order valence-corrected chi connectivity index (χ3v) is 4.67. The maximum absolute atomic E-state index is 11.6. The van der Waals surface area contributed by atoms with Crippen molar-refractivity contribution in [3.05, 3.63) is 0 Å².